The van der Waals surface area contributed by atoms with Crippen molar-refractivity contribution in [3.05, 3.63) is 61.0 Å². The number of nitrogens with one attached hydrogen (secondary N) is 3. The molecule has 0 aliphatic rings. The molecular weight excluding hydrogens is 522 g/mol. The Bertz CT molecular complexity index is 1150. The number of fused-ring (bicyclic) bond motifs is 1. The number of H-pyrrole nitrogens is 1. The monoisotopic (exact) mass is 542 g/mol. The van der Waals surface area contributed by atoms with E-state index in [0.29, 0.717) is 18.1 Å². The molecule has 0 aromatic carbocycles. The van der Waals surface area contributed by atoms with Crippen molar-refractivity contribution in [1.29, 1.82) is 0 Å². The third kappa shape index (κ3) is 5.98. The molecule has 0 aliphatic heterocycles. The number of hydrogen-bond donors (Lipinski definition) is 3. The van der Waals surface area contributed by atoms with Gasteiger partial charge in [0.1, 0.15) is 11.6 Å². The van der Waals surface area contributed by atoms with E-state index in [0.717, 1.165) is 33.7 Å². The Labute approximate surface area is 211 Å². The zero-order valence-corrected chi connectivity index (χ0v) is 20.0. The zero-order chi connectivity index (χ0) is 19.7. The Morgan fingerprint density at radius 2 is 1.90 bits per heavy atom. The van der Waals surface area contributed by atoms with Gasteiger partial charge in [0.25, 0.3) is 5.91 Å². The molecule has 11 heteroatoms. The Morgan fingerprint density at radius 3 is 2.58 bits per heavy atom. The van der Waals surface area contributed by atoms with E-state index in [2.05, 4.69) is 37.6 Å². The summed E-state index contributed by atoms with van der Waals surface area (Å²) < 4.78 is 1.66. The normalized spacial score (nSPS) is 9.90. The summed E-state index contributed by atoms with van der Waals surface area (Å²) in [5, 5.41) is 11.0. The molecule has 0 saturated heterocycles. The Kier molecular flexibility index (Phi) is 9.97. The second-order valence-corrected chi connectivity index (χ2v) is 6.45. The van der Waals surface area contributed by atoms with Crippen LogP contribution < -0.4 is 10.6 Å². The SMILES string of the molecule is [CH2-]CNc1cc(-c2cc3cnc(NC(=O)c4cc(C)n(C)n4)cc3[nH]2)ccn1.[Fe].[Fe].[Fe]. The van der Waals surface area contributed by atoms with Crippen molar-refractivity contribution in [1.82, 2.24) is 24.7 Å². The summed E-state index contributed by atoms with van der Waals surface area (Å²) in [6.07, 6.45) is 3.47. The molecular formula is C20H20Fe3N7O-. The van der Waals surface area contributed by atoms with E-state index < -0.39 is 0 Å². The molecule has 0 fully saturated rings. The molecule has 166 valence electrons. The van der Waals surface area contributed by atoms with E-state index in [-0.39, 0.29) is 57.1 Å². The summed E-state index contributed by atoms with van der Waals surface area (Å²) in [7, 11) is 1.80. The average molecular weight is 542 g/mol. The second-order valence-electron chi connectivity index (χ2n) is 6.45. The predicted octanol–water partition coefficient (Wildman–Crippen LogP) is 3.16. The van der Waals surface area contributed by atoms with E-state index in [1.165, 1.54) is 0 Å². The average Bonchev–Trinajstić information content (AvgIpc) is 3.25. The van der Waals surface area contributed by atoms with Gasteiger partial charge in [0.05, 0.1) is 5.52 Å². The van der Waals surface area contributed by atoms with Gasteiger partial charge in [-0.1, -0.05) is 0 Å². The van der Waals surface area contributed by atoms with E-state index in [9.17, 15) is 4.79 Å². The first-order valence-corrected chi connectivity index (χ1v) is 8.84. The first-order chi connectivity index (χ1) is 13.5. The minimum absolute atomic E-state index is 0. The molecule has 4 aromatic rings. The van der Waals surface area contributed by atoms with Crippen LogP contribution in [0.15, 0.2) is 42.7 Å². The van der Waals surface area contributed by atoms with Gasteiger partial charge in [-0.05, 0) is 31.2 Å². The van der Waals surface area contributed by atoms with Gasteiger partial charge in [-0.2, -0.15) is 5.10 Å². The largest absolute Gasteiger partial charge is 0.400 e. The van der Waals surface area contributed by atoms with E-state index >= 15 is 0 Å². The van der Waals surface area contributed by atoms with Gasteiger partial charge in [-0.25, -0.2) is 9.97 Å². The molecule has 4 rings (SSSR count). The summed E-state index contributed by atoms with van der Waals surface area (Å²) in [6, 6.07) is 9.44. The molecule has 0 atom stereocenters. The second kappa shape index (κ2) is 11.5. The van der Waals surface area contributed by atoms with Gasteiger partial charge in [-0.3, -0.25) is 9.48 Å². The molecule has 0 bridgehead atoms. The first kappa shape index (κ1) is 26.9. The van der Waals surface area contributed by atoms with Crippen molar-refractivity contribution in [2.75, 3.05) is 17.2 Å². The number of carbonyl (C=O) groups excluding carboxylic acids is 1. The molecule has 0 radical (unpaired) electrons. The predicted molar refractivity (Wildman–Crippen MR) is 109 cm³/mol. The van der Waals surface area contributed by atoms with Gasteiger partial charge >= 0.3 is 0 Å². The number of rotatable bonds is 5. The van der Waals surface area contributed by atoms with Crippen molar-refractivity contribution in [2.45, 2.75) is 6.92 Å². The maximum absolute atomic E-state index is 12.4. The Morgan fingerprint density at radius 1 is 1.13 bits per heavy atom. The van der Waals surface area contributed by atoms with Crippen LogP contribution in [0.4, 0.5) is 11.6 Å². The van der Waals surface area contributed by atoms with Crippen molar-refractivity contribution in [3.8, 4) is 11.3 Å². The zero-order valence-electron chi connectivity index (χ0n) is 16.7. The fourth-order valence-electron chi connectivity index (χ4n) is 2.92. The number of pyridine rings is 2. The summed E-state index contributed by atoms with van der Waals surface area (Å²) >= 11 is 0. The molecule has 0 saturated carbocycles. The molecule has 0 spiro atoms. The van der Waals surface area contributed by atoms with E-state index in [1.54, 1.807) is 30.2 Å². The topological polar surface area (TPSA) is 101 Å². The quantitative estimate of drug-likeness (QED) is 0.266. The van der Waals surface area contributed by atoms with Gasteiger partial charge in [0.15, 0.2) is 5.69 Å². The van der Waals surface area contributed by atoms with Crippen LogP contribution >= 0.6 is 0 Å². The van der Waals surface area contributed by atoms with E-state index in [4.69, 9.17) is 0 Å². The number of aryl methyl sites for hydroxylation is 2. The van der Waals surface area contributed by atoms with Crippen LogP contribution in [0, 0.1) is 13.8 Å². The summed E-state index contributed by atoms with van der Waals surface area (Å²) in [5.74, 6) is 0.937. The third-order valence-corrected chi connectivity index (χ3v) is 4.47. The van der Waals surface area contributed by atoms with Crippen LogP contribution in [0.25, 0.3) is 22.2 Å². The van der Waals surface area contributed by atoms with Crippen LogP contribution in [0.5, 0.6) is 0 Å². The third-order valence-electron chi connectivity index (χ3n) is 4.47. The van der Waals surface area contributed by atoms with Crippen LogP contribution in [-0.4, -0.2) is 37.2 Å². The number of amides is 1. The van der Waals surface area contributed by atoms with Crippen LogP contribution in [0.3, 0.4) is 0 Å². The Balaban J connectivity index is 0.00000160. The molecule has 4 heterocycles. The summed E-state index contributed by atoms with van der Waals surface area (Å²) in [4.78, 5) is 24.3. The maximum Gasteiger partial charge on any atom is 0.277 e. The van der Waals surface area contributed by atoms with Gasteiger partial charge in [0.2, 0.25) is 0 Å². The van der Waals surface area contributed by atoms with Gasteiger partial charge < -0.3 is 22.5 Å². The Hall–Kier alpha value is -2.12. The minimum atomic E-state index is -0.291. The molecule has 0 unspecified atom stereocenters. The van der Waals surface area contributed by atoms with Crippen LogP contribution in [0.1, 0.15) is 16.2 Å². The molecule has 1 amide bonds. The number of hydrogen-bond acceptors (Lipinski definition) is 5. The summed E-state index contributed by atoms with van der Waals surface area (Å²) in [6.45, 7) is 6.23. The number of nitrogens with zero attached hydrogens (tertiary/aromatic N) is 4. The number of aromatic nitrogens is 5. The molecule has 4 aromatic heterocycles. The first-order valence-electron chi connectivity index (χ1n) is 8.84. The van der Waals surface area contributed by atoms with Crippen molar-refractivity contribution < 1.29 is 56.0 Å². The van der Waals surface area contributed by atoms with Crippen LogP contribution in [-0.2, 0) is 58.3 Å². The van der Waals surface area contributed by atoms with Crippen molar-refractivity contribution in [2.24, 2.45) is 7.05 Å². The van der Waals surface area contributed by atoms with Crippen LogP contribution in [0.2, 0.25) is 0 Å². The van der Waals surface area contributed by atoms with Gasteiger partial charge in [0, 0.05) is 99.1 Å². The van der Waals surface area contributed by atoms with E-state index in [1.807, 2.05) is 31.2 Å². The fraction of sp³-hybridized carbons (Fsp3) is 0.150. The molecule has 8 nitrogen and oxygen atoms in total. The number of anilines is 2. The summed E-state index contributed by atoms with van der Waals surface area (Å²) in [5.41, 5.74) is 4.08. The van der Waals surface area contributed by atoms with Crippen molar-refractivity contribution >= 4 is 28.4 Å². The fourth-order valence-corrected chi connectivity index (χ4v) is 2.92. The standard InChI is InChI=1S/C20H20N7O.3Fe/c1-4-21-18-9-13(5-6-22-18)15-8-14-11-23-19(10-16(14)24-15)25-20(28)17-7-12(2)27(3)26-17;;;/h5-11,24H,1,4H2,2-3H3,(H,21,22)(H,23,25,28);;;/q-1;;;. The number of carbonyl (C=O) groups is 1. The maximum atomic E-state index is 12.4. The smallest absolute Gasteiger partial charge is 0.277 e. The van der Waals surface area contributed by atoms with Gasteiger partial charge in [-0.15, -0.1) is 6.54 Å². The van der Waals surface area contributed by atoms with Crippen molar-refractivity contribution in [3.63, 3.8) is 0 Å². The molecule has 0 aliphatic carbocycles. The minimum Gasteiger partial charge on any atom is -0.400 e. The molecule has 3 N–H and O–H groups in total. The number of aromatic amines is 1. The molecule has 31 heavy (non-hydrogen) atoms.